The van der Waals surface area contributed by atoms with Crippen LogP contribution in [0.5, 0.6) is 0 Å². The first-order valence-electron chi connectivity index (χ1n) is 5.37. The molecule has 0 aliphatic rings. The molecule has 0 aliphatic carbocycles. The quantitative estimate of drug-likeness (QED) is 0.838. The molecule has 0 saturated carbocycles. The second-order valence-corrected chi connectivity index (χ2v) is 3.94. The van der Waals surface area contributed by atoms with Gasteiger partial charge in [-0.1, -0.05) is 0 Å². The fraction of sp³-hybridized carbons (Fsp3) is 0.455. The first-order valence-corrected chi connectivity index (χ1v) is 5.37. The third-order valence-corrected chi connectivity index (χ3v) is 2.58. The predicted molar refractivity (Wildman–Crippen MR) is 63.3 cm³/mol. The molecular formula is C11H17N5. The summed E-state index contributed by atoms with van der Waals surface area (Å²) >= 11 is 0. The molecule has 0 atom stereocenters. The van der Waals surface area contributed by atoms with Gasteiger partial charge in [0.25, 0.3) is 0 Å². The number of hydrogen-bond donors (Lipinski definition) is 1. The minimum Gasteiger partial charge on any atom is -0.355 e. The number of aryl methyl sites for hydroxylation is 3. The molecule has 2 heterocycles. The van der Waals surface area contributed by atoms with Crippen LogP contribution in [0.1, 0.15) is 11.4 Å². The van der Waals surface area contributed by atoms with Gasteiger partial charge in [0.15, 0.2) is 0 Å². The third kappa shape index (κ3) is 2.24. The van der Waals surface area contributed by atoms with E-state index in [0.29, 0.717) is 0 Å². The summed E-state index contributed by atoms with van der Waals surface area (Å²) in [5.74, 6) is 0.916. The Morgan fingerprint density at radius 2 is 2.19 bits per heavy atom. The van der Waals surface area contributed by atoms with Crippen molar-refractivity contribution >= 4 is 5.95 Å². The smallest absolute Gasteiger partial charge is 0.202 e. The zero-order valence-electron chi connectivity index (χ0n) is 9.94. The minimum atomic E-state index is 0.865. The second-order valence-electron chi connectivity index (χ2n) is 3.94. The molecule has 0 unspecified atom stereocenters. The highest BCUT2D eigenvalue weighted by Crippen LogP contribution is 2.06. The van der Waals surface area contributed by atoms with E-state index in [9.17, 15) is 0 Å². The summed E-state index contributed by atoms with van der Waals surface area (Å²) in [6, 6.07) is 2.03. The van der Waals surface area contributed by atoms with Gasteiger partial charge in [-0.05, 0) is 13.0 Å². The first kappa shape index (κ1) is 10.7. The van der Waals surface area contributed by atoms with Gasteiger partial charge in [-0.3, -0.25) is 4.68 Å². The second kappa shape index (κ2) is 4.38. The SMILES string of the molecule is Cc1cn(C)c(NCCc2ccnn2C)n1. The van der Waals surface area contributed by atoms with Gasteiger partial charge in [0, 0.05) is 45.1 Å². The molecule has 0 aliphatic heterocycles. The van der Waals surface area contributed by atoms with E-state index in [1.807, 2.05) is 48.7 Å². The van der Waals surface area contributed by atoms with Gasteiger partial charge in [0.1, 0.15) is 0 Å². The first-order chi connectivity index (χ1) is 7.66. The molecule has 0 radical (unpaired) electrons. The number of nitrogens with zero attached hydrogens (tertiary/aromatic N) is 4. The van der Waals surface area contributed by atoms with Crippen molar-refractivity contribution in [1.82, 2.24) is 19.3 Å². The Morgan fingerprint density at radius 1 is 1.38 bits per heavy atom. The van der Waals surface area contributed by atoms with Crippen LogP contribution in [-0.4, -0.2) is 25.9 Å². The summed E-state index contributed by atoms with van der Waals surface area (Å²) in [7, 11) is 3.95. The summed E-state index contributed by atoms with van der Waals surface area (Å²) in [5.41, 5.74) is 2.25. The molecule has 86 valence electrons. The van der Waals surface area contributed by atoms with Gasteiger partial charge < -0.3 is 9.88 Å². The number of imidazole rings is 1. The maximum Gasteiger partial charge on any atom is 0.202 e. The van der Waals surface area contributed by atoms with Crippen LogP contribution < -0.4 is 5.32 Å². The zero-order valence-corrected chi connectivity index (χ0v) is 9.94. The van der Waals surface area contributed by atoms with Gasteiger partial charge in [-0.2, -0.15) is 5.10 Å². The van der Waals surface area contributed by atoms with Crippen LogP contribution >= 0.6 is 0 Å². The zero-order chi connectivity index (χ0) is 11.5. The van der Waals surface area contributed by atoms with Crippen LogP contribution in [0.3, 0.4) is 0 Å². The molecule has 2 rings (SSSR count). The van der Waals surface area contributed by atoms with Gasteiger partial charge in [-0.25, -0.2) is 4.98 Å². The number of aromatic nitrogens is 4. The van der Waals surface area contributed by atoms with Crippen LogP contribution in [-0.2, 0) is 20.5 Å². The van der Waals surface area contributed by atoms with Crippen LogP contribution in [0.25, 0.3) is 0 Å². The maximum atomic E-state index is 4.38. The topological polar surface area (TPSA) is 47.7 Å². The van der Waals surface area contributed by atoms with E-state index in [2.05, 4.69) is 15.4 Å². The minimum absolute atomic E-state index is 0.865. The molecular weight excluding hydrogens is 202 g/mol. The maximum absolute atomic E-state index is 4.38. The van der Waals surface area contributed by atoms with Crippen molar-refractivity contribution < 1.29 is 0 Å². The molecule has 0 amide bonds. The normalized spacial score (nSPS) is 10.7. The van der Waals surface area contributed by atoms with E-state index < -0.39 is 0 Å². The number of anilines is 1. The highest BCUT2D eigenvalue weighted by Gasteiger charge is 2.02. The lowest BCUT2D eigenvalue weighted by atomic mass is 10.3. The van der Waals surface area contributed by atoms with Gasteiger partial charge in [0.05, 0.1) is 5.69 Å². The van der Waals surface area contributed by atoms with Crippen LogP contribution in [0.4, 0.5) is 5.95 Å². The highest BCUT2D eigenvalue weighted by molar-refractivity contribution is 5.28. The third-order valence-electron chi connectivity index (χ3n) is 2.58. The van der Waals surface area contributed by atoms with E-state index in [4.69, 9.17) is 0 Å². The summed E-state index contributed by atoms with van der Waals surface area (Å²) in [4.78, 5) is 4.38. The lowest BCUT2D eigenvalue weighted by Gasteiger charge is -2.05. The Morgan fingerprint density at radius 3 is 2.75 bits per heavy atom. The van der Waals surface area contributed by atoms with Crippen molar-refractivity contribution in [3.8, 4) is 0 Å². The molecule has 5 heteroatoms. The molecule has 1 N–H and O–H groups in total. The van der Waals surface area contributed by atoms with Crippen molar-refractivity contribution in [2.45, 2.75) is 13.3 Å². The summed E-state index contributed by atoms with van der Waals surface area (Å²) in [6.45, 7) is 2.86. The van der Waals surface area contributed by atoms with E-state index in [1.54, 1.807) is 0 Å². The Labute approximate surface area is 95.1 Å². The molecule has 16 heavy (non-hydrogen) atoms. The molecule has 0 aromatic carbocycles. The van der Waals surface area contributed by atoms with Gasteiger partial charge >= 0.3 is 0 Å². The van der Waals surface area contributed by atoms with Crippen molar-refractivity contribution in [2.75, 3.05) is 11.9 Å². The van der Waals surface area contributed by atoms with Crippen LogP contribution in [0, 0.1) is 6.92 Å². The summed E-state index contributed by atoms with van der Waals surface area (Å²) in [5, 5.41) is 7.44. The van der Waals surface area contributed by atoms with Crippen molar-refractivity contribution in [1.29, 1.82) is 0 Å². The molecule has 2 aromatic heterocycles. The van der Waals surface area contributed by atoms with Crippen molar-refractivity contribution in [3.05, 3.63) is 29.8 Å². The average Bonchev–Trinajstić information content (AvgIpc) is 2.75. The van der Waals surface area contributed by atoms with E-state index in [1.165, 1.54) is 5.69 Å². The molecule has 5 nitrogen and oxygen atoms in total. The van der Waals surface area contributed by atoms with Crippen molar-refractivity contribution in [3.63, 3.8) is 0 Å². The molecule has 0 fully saturated rings. The fourth-order valence-electron chi connectivity index (χ4n) is 1.73. The molecule has 2 aromatic rings. The number of hydrogen-bond acceptors (Lipinski definition) is 3. The summed E-state index contributed by atoms with van der Waals surface area (Å²) in [6.07, 6.45) is 4.77. The van der Waals surface area contributed by atoms with Crippen LogP contribution in [0.2, 0.25) is 0 Å². The van der Waals surface area contributed by atoms with Crippen molar-refractivity contribution in [2.24, 2.45) is 14.1 Å². The van der Waals surface area contributed by atoms with Crippen LogP contribution in [0.15, 0.2) is 18.5 Å². The van der Waals surface area contributed by atoms with Gasteiger partial charge in [-0.15, -0.1) is 0 Å². The fourth-order valence-corrected chi connectivity index (χ4v) is 1.73. The van der Waals surface area contributed by atoms with E-state index in [0.717, 1.165) is 24.6 Å². The number of nitrogens with one attached hydrogen (secondary N) is 1. The van der Waals surface area contributed by atoms with Gasteiger partial charge in [0.2, 0.25) is 5.95 Å². The predicted octanol–water partition coefficient (Wildman–Crippen LogP) is 1.12. The Balaban J connectivity index is 1.89. The summed E-state index contributed by atoms with van der Waals surface area (Å²) < 4.78 is 3.89. The molecule has 0 bridgehead atoms. The Bertz CT molecular complexity index is 468. The lowest BCUT2D eigenvalue weighted by Crippen LogP contribution is -2.11. The number of rotatable bonds is 4. The Hall–Kier alpha value is -1.78. The lowest BCUT2D eigenvalue weighted by molar-refractivity contribution is 0.709. The van der Waals surface area contributed by atoms with E-state index >= 15 is 0 Å². The molecule has 0 spiro atoms. The monoisotopic (exact) mass is 219 g/mol. The Kier molecular flexibility index (Phi) is 2.94. The van der Waals surface area contributed by atoms with E-state index in [-0.39, 0.29) is 0 Å². The highest BCUT2D eigenvalue weighted by atomic mass is 15.3. The average molecular weight is 219 g/mol. The largest absolute Gasteiger partial charge is 0.355 e. The molecule has 0 saturated heterocycles. The standard InChI is InChI=1S/C11H17N5/c1-9-8-15(2)11(14-9)12-6-4-10-5-7-13-16(10)3/h5,7-8H,4,6H2,1-3H3,(H,12,14).